The molecular formula is C12H13F2N3. The SMILES string of the molecule is NC(Cc1nc2c(F)c(F)ccc2[nH]1)C1CC1. The van der Waals surface area contributed by atoms with Crippen LogP contribution in [-0.2, 0) is 6.42 Å². The number of benzene rings is 1. The Morgan fingerprint density at radius 3 is 2.88 bits per heavy atom. The zero-order chi connectivity index (χ0) is 12.0. The second-order valence-corrected chi connectivity index (χ2v) is 4.65. The molecule has 1 unspecified atom stereocenters. The molecule has 1 aliphatic carbocycles. The molecule has 3 N–H and O–H groups in total. The predicted octanol–water partition coefficient (Wildman–Crippen LogP) is 2.12. The van der Waals surface area contributed by atoms with E-state index in [-0.39, 0.29) is 11.6 Å². The maximum absolute atomic E-state index is 13.4. The molecule has 0 saturated heterocycles. The van der Waals surface area contributed by atoms with Crippen molar-refractivity contribution in [2.24, 2.45) is 11.7 Å². The molecule has 0 aliphatic heterocycles. The van der Waals surface area contributed by atoms with Crippen LogP contribution in [-0.4, -0.2) is 16.0 Å². The van der Waals surface area contributed by atoms with Crippen molar-refractivity contribution in [3.63, 3.8) is 0 Å². The second kappa shape index (κ2) is 3.77. The number of nitrogens with zero attached hydrogens (tertiary/aromatic N) is 1. The number of H-pyrrole nitrogens is 1. The summed E-state index contributed by atoms with van der Waals surface area (Å²) >= 11 is 0. The fourth-order valence-electron chi connectivity index (χ4n) is 2.08. The molecular weight excluding hydrogens is 224 g/mol. The average Bonchev–Trinajstić information content (AvgIpc) is 3.06. The van der Waals surface area contributed by atoms with E-state index in [9.17, 15) is 8.78 Å². The predicted molar refractivity (Wildman–Crippen MR) is 60.4 cm³/mol. The summed E-state index contributed by atoms with van der Waals surface area (Å²) in [4.78, 5) is 7.05. The minimum Gasteiger partial charge on any atom is -0.342 e. The summed E-state index contributed by atoms with van der Waals surface area (Å²) in [6.07, 6.45) is 2.90. The Balaban J connectivity index is 1.93. The summed E-state index contributed by atoms with van der Waals surface area (Å²) in [5.74, 6) is -0.583. The van der Waals surface area contributed by atoms with Gasteiger partial charge in [0.25, 0.3) is 0 Å². The number of rotatable bonds is 3. The van der Waals surface area contributed by atoms with E-state index in [4.69, 9.17) is 5.73 Å². The van der Waals surface area contributed by atoms with Crippen LogP contribution in [0.5, 0.6) is 0 Å². The minimum absolute atomic E-state index is 0.0583. The summed E-state index contributed by atoms with van der Waals surface area (Å²) in [5, 5.41) is 0. The minimum atomic E-state index is -0.898. The third-order valence-electron chi connectivity index (χ3n) is 3.25. The normalized spacial score (nSPS) is 17.6. The molecule has 1 aromatic carbocycles. The highest BCUT2D eigenvalue weighted by Crippen LogP contribution is 2.32. The fourth-order valence-corrected chi connectivity index (χ4v) is 2.08. The first-order valence-corrected chi connectivity index (χ1v) is 5.73. The van der Waals surface area contributed by atoms with E-state index in [0.29, 0.717) is 23.7 Å². The lowest BCUT2D eigenvalue weighted by Gasteiger charge is -2.06. The quantitative estimate of drug-likeness (QED) is 0.859. The van der Waals surface area contributed by atoms with Gasteiger partial charge in [0, 0.05) is 12.5 Å². The lowest BCUT2D eigenvalue weighted by Crippen LogP contribution is -2.25. The van der Waals surface area contributed by atoms with Crippen LogP contribution >= 0.6 is 0 Å². The van der Waals surface area contributed by atoms with Crippen molar-refractivity contribution in [1.82, 2.24) is 9.97 Å². The van der Waals surface area contributed by atoms with Crippen LogP contribution in [0, 0.1) is 17.6 Å². The van der Waals surface area contributed by atoms with Gasteiger partial charge in [0.2, 0.25) is 0 Å². The molecule has 0 spiro atoms. The topological polar surface area (TPSA) is 54.7 Å². The maximum atomic E-state index is 13.4. The summed E-state index contributed by atoms with van der Waals surface area (Å²) < 4.78 is 26.4. The highest BCUT2D eigenvalue weighted by atomic mass is 19.2. The number of halogens is 2. The molecule has 1 aliphatic rings. The molecule has 1 heterocycles. The van der Waals surface area contributed by atoms with E-state index in [0.717, 1.165) is 18.9 Å². The summed E-state index contributed by atoms with van der Waals surface area (Å²) in [6, 6.07) is 2.65. The van der Waals surface area contributed by atoms with Crippen LogP contribution in [0.4, 0.5) is 8.78 Å². The van der Waals surface area contributed by atoms with Gasteiger partial charge < -0.3 is 10.7 Å². The van der Waals surface area contributed by atoms with E-state index >= 15 is 0 Å². The molecule has 0 bridgehead atoms. The van der Waals surface area contributed by atoms with Crippen LogP contribution in [0.15, 0.2) is 12.1 Å². The zero-order valence-electron chi connectivity index (χ0n) is 9.21. The van der Waals surface area contributed by atoms with Crippen LogP contribution in [0.3, 0.4) is 0 Å². The van der Waals surface area contributed by atoms with Crippen LogP contribution in [0.1, 0.15) is 18.7 Å². The van der Waals surface area contributed by atoms with E-state index in [1.165, 1.54) is 6.07 Å². The Morgan fingerprint density at radius 2 is 2.18 bits per heavy atom. The molecule has 1 fully saturated rings. The number of hydrogen-bond donors (Lipinski definition) is 2. The van der Waals surface area contributed by atoms with Gasteiger partial charge in [-0.2, -0.15) is 0 Å². The Kier molecular flexibility index (Phi) is 2.36. The van der Waals surface area contributed by atoms with Gasteiger partial charge in [-0.05, 0) is 30.9 Å². The van der Waals surface area contributed by atoms with Gasteiger partial charge in [-0.15, -0.1) is 0 Å². The van der Waals surface area contributed by atoms with Crippen LogP contribution < -0.4 is 5.73 Å². The first-order chi connectivity index (χ1) is 8.15. The lowest BCUT2D eigenvalue weighted by atomic mass is 10.1. The van der Waals surface area contributed by atoms with Gasteiger partial charge in [0.15, 0.2) is 11.6 Å². The highest BCUT2D eigenvalue weighted by molar-refractivity contribution is 5.75. The van der Waals surface area contributed by atoms with E-state index in [1.54, 1.807) is 0 Å². The van der Waals surface area contributed by atoms with Gasteiger partial charge in [0.1, 0.15) is 11.3 Å². The third-order valence-corrected chi connectivity index (χ3v) is 3.25. The van der Waals surface area contributed by atoms with Crippen LogP contribution in [0.25, 0.3) is 11.0 Å². The van der Waals surface area contributed by atoms with Gasteiger partial charge in [-0.1, -0.05) is 0 Å². The monoisotopic (exact) mass is 237 g/mol. The Hall–Kier alpha value is -1.49. The molecule has 0 amide bonds. The summed E-state index contributed by atoms with van der Waals surface area (Å²) in [6.45, 7) is 0. The lowest BCUT2D eigenvalue weighted by molar-refractivity contribution is 0.515. The molecule has 1 saturated carbocycles. The van der Waals surface area contributed by atoms with Crippen molar-refractivity contribution in [2.45, 2.75) is 25.3 Å². The number of aromatic amines is 1. The van der Waals surface area contributed by atoms with Crippen molar-refractivity contribution in [3.8, 4) is 0 Å². The fraction of sp³-hybridized carbons (Fsp3) is 0.417. The van der Waals surface area contributed by atoms with Crippen molar-refractivity contribution in [1.29, 1.82) is 0 Å². The molecule has 2 aromatic rings. The van der Waals surface area contributed by atoms with E-state index in [1.807, 2.05) is 0 Å². The molecule has 17 heavy (non-hydrogen) atoms. The van der Waals surface area contributed by atoms with Crippen molar-refractivity contribution >= 4 is 11.0 Å². The smallest absolute Gasteiger partial charge is 0.186 e. The number of nitrogens with two attached hydrogens (primary N) is 1. The molecule has 1 atom stereocenters. The van der Waals surface area contributed by atoms with Crippen molar-refractivity contribution in [3.05, 3.63) is 29.6 Å². The van der Waals surface area contributed by atoms with Gasteiger partial charge in [-0.3, -0.25) is 0 Å². The number of hydrogen-bond acceptors (Lipinski definition) is 2. The second-order valence-electron chi connectivity index (χ2n) is 4.65. The highest BCUT2D eigenvalue weighted by Gasteiger charge is 2.29. The maximum Gasteiger partial charge on any atom is 0.186 e. The first kappa shape index (κ1) is 10.7. The molecule has 3 nitrogen and oxygen atoms in total. The Bertz CT molecular complexity index is 560. The molecule has 1 aromatic heterocycles. The molecule has 90 valence electrons. The van der Waals surface area contributed by atoms with E-state index in [2.05, 4.69) is 9.97 Å². The number of imidazole rings is 1. The van der Waals surface area contributed by atoms with Gasteiger partial charge in [-0.25, -0.2) is 13.8 Å². The molecule has 0 radical (unpaired) electrons. The van der Waals surface area contributed by atoms with Gasteiger partial charge >= 0.3 is 0 Å². The zero-order valence-corrected chi connectivity index (χ0v) is 9.21. The van der Waals surface area contributed by atoms with Crippen molar-refractivity contribution in [2.75, 3.05) is 0 Å². The van der Waals surface area contributed by atoms with Crippen LogP contribution in [0.2, 0.25) is 0 Å². The first-order valence-electron chi connectivity index (χ1n) is 5.73. The largest absolute Gasteiger partial charge is 0.342 e. The number of fused-ring (bicyclic) bond motifs is 1. The number of nitrogens with one attached hydrogen (secondary N) is 1. The van der Waals surface area contributed by atoms with E-state index < -0.39 is 11.6 Å². The average molecular weight is 237 g/mol. The van der Waals surface area contributed by atoms with Gasteiger partial charge in [0.05, 0.1) is 5.52 Å². The molecule has 3 rings (SSSR count). The summed E-state index contributed by atoms with van der Waals surface area (Å²) in [5.41, 5.74) is 6.55. The third kappa shape index (κ3) is 1.91. The molecule has 5 heteroatoms. The standard InChI is InChI=1S/C12H13F2N3/c13-7-3-4-9-12(11(7)14)17-10(16-9)5-8(15)6-1-2-6/h3-4,6,8H,1-2,5,15H2,(H,16,17). The summed E-state index contributed by atoms with van der Waals surface area (Å²) in [7, 11) is 0. The Labute approximate surface area is 97.0 Å². The number of aromatic nitrogens is 2. The van der Waals surface area contributed by atoms with Crippen molar-refractivity contribution < 1.29 is 8.78 Å². The Morgan fingerprint density at radius 1 is 1.41 bits per heavy atom.